The van der Waals surface area contributed by atoms with Crippen LogP contribution in [0, 0.1) is 0 Å². The Morgan fingerprint density at radius 3 is 2.48 bits per heavy atom. The lowest BCUT2D eigenvalue weighted by atomic mass is 9.90. The topological polar surface area (TPSA) is 57.6 Å². The van der Waals surface area contributed by atoms with Gasteiger partial charge in [0.1, 0.15) is 5.78 Å². The number of amides is 1. The van der Waals surface area contributed by atoms with Crippen LogP contribution in [0.3, 0.4) is 0 Å². The van der Waals surface area contributed by atoms with Gasteiger partial charge in [-0.2, -0.15) is 0 Å². The molecule has 1 aromatic carbocycles. The highest BCUT2D eigenvalue weighted by molar-refractivity contribution is 6.38. The van der Waals surface area contributed by atoms with Crippen LogP contribution in [0.2, 0.25) is 10.0 Å². The number of carbonyl (C=O) groups excluding carboxylic acids is 2. The zero-order valence-corrected chi connectivity index (χ0v) is 14.9. The Hall–Kier alpha value is -1.10. The average molecular weight is 358 g/mol. The van der Waals surface area contributed by atoms with E-state index in [9.17, 15) is 14.7 Å². The molecule has 0 saturated heterocycles. The van der Waals surface area contributed by atoms with Crippen molar-refractivity contribution >= 4 is 40.6 Å². The van der Waals surface area contributed by atoms with Gasteiger partial charge in [0.25, 0.3) is 5.91 Å². The van der Waals surface area contributed by atoms with Crippen LogP contribution in [0.25, 0.3) is 0 Å². The summed E-state index contributed by atoms with van der Waals surface area (Å²) >= 11 is 12.5. The first-order valence-electron chi connectivity index (χ1n) is 7.85. The predicted octanol–water partition coefficient (Wildman–Crippen LogP) is 4.09. The molecule has 126 valence electrons. The van der Waals surface area contributed by atoms with E-state index < -0.39 is 11.5 Å². The van der Waals surface area contributed by atoms with Crippen LogP contribution in [0.1, 0.15) is 51.5 Å². The summed E-state index contributed by atoms with van der Waals surface area (Å²) in [4.78, 5) is 25.8. The summed E-state index contributed by atoms with van der Waals surface area (Å²) in [6.45, 7) is 3.90. The van der Waals surface area contributed by atoms with Crippen molar-refractivity contribution in [2.24, 2.45) is 0 Å². The molecule has 0 fully saturated rings. The van der Waals surface area contributed by atoms with Gasteiger partial charge in [0.15, 0.2) is 5.60 Å². The number of aliphatic hydroxyl groups is 1. The fourth-order valence-corrected chi connectivity index (χ4v) is 3.63. The summed E-state index contributed by atoms with van der Waals surface area (Å²) in [5, 5.41) is 11.5. The van der Waals surface area contributed by atoms with E-state index in [2.05, 4.69) is 6.92 Å². The molecule has 1 aromatic rings. The van der Waals surface area contributed by atoms with E-state index in [0.717, 1.165) is 25.7 Å². The van der Waals surface area contributed by atoms with E-state index in [4.69, 9.17) is 23.2 Å². The van der Waals surface area contributed by atoms with Gasteiger partial charge in [-0.1, -0.05) is 49.4 Å². The molecule has 1 N–H and O–H groups in total. The number of unbranched alkanes of at least 4 members (excludes halogenated alkanes) is 3. The maximum atomic E-state index is 12.8. The summed E-state index contributed by atoms with van der Waals surface area (Å²) < 4.78 is 0. The number of ketones is 1. The second-order valence-electron chi connectivity index (χ2n) is 6.01. The molecule has 1 aliphatic rings. The van der Waals surface area contributed by atoms with E-state index in [1.54, 1.807) is 12.1 Å². The monoisotopic (exact) mass is 357 g/mol. The standard InChI is InChI=1S/C17H21Cl2NO3/c1-3-4-5-6-9-20-15-13(19)8-7-12(18)14(15)17(23,16(20)22)10-11(2)21/h7-8,23H,3-6,9-10H2,1-2H3. The van der Waals surface area contributed by atoms with Gasteiger partial charge in [0.05, 0.1) is 10.7 Å². The summed E-state index contributed by atoms with van der Waals surface area (Å²) in [5.41, 5.74) is -1.24. The second kappa shape index (κ2) is 7.20. The van der Waals surface area contributed by atoms with Crippen molar-refractivity contribution in [1.29, 1.82) is 0 Å². The molecule has 0 spiro atoms. The van der Waals surface area contributed by atoms with Gasteiger partial charge >= 0.3 is 0 Å². The Morgan fingerprint density at radius 2 is 1.87 bits per heavy atom. The number of anilines is 1. The number of Topliss-reactive ketones (excluding diaryl/α,β-unsaturated/α-hetero) is 1. The third kappa shape index (κ3) is 3.39. The summed E-state index contributed by atoms with van der Waals surface area (Å²) in [7, 11) is 0. The maximum absolute atomic E-state index is 12.8. The van der Waals surface area contributed by atoms with Crippen LogP contribution in [0.4, 0.5) is 5.69 Å². The zero-order chi connectivity index (χ0) is 17.2. The molecule has 0 radical (unpaired) electrons. The van der Waals surface area contributed by atoms with Gasteiger partial charge in [-0.25, -0.2) is 0 Å². The summed E-state index contributed by atoms with van der Waals surface area (Å²) in [6.07, 6.45) is 3.66. The van der Waals surface area contributed by atoms with E-state index in [1.807, 2.05) is 0 Å². The fourth-order valence-electron chi connectivity index (χ4n) is 3.06. The molecule has 4 nitrogen and oxygen atoms in total. The Balaban J connectivity index is 2.43. The molecule has 0 bridgehead atoms. The van der Waals surface area contributed by atoms with Crippen molar-refractivity contribution in [2.75, 3.05) is 11.4 Å². The SMILES string of the molecule is CCCCCCN1C(=O)C(O)(CC(C)=O)c2c(Cl)ccc(Cl)c21. The number of halogens is 2. The highest BCUT2D eigenvalue weighted by Gasteiger charge is 2.52. The highest BCUT2D eigenvalue weighted by Crippen LogP contribution is 2.49. The lowest BCUT2D eigenvalue weighted by molar-refractivity contribution is -0.141. The predicted molar refractivity (Wildman–Crippen MR) is 92.2 cm³/mol. The number of hydrogen-bond donors (Lipinski definition) is 1. The number of nitrogens with zero attached hydrogens (tertiary/aromatic N) is 1. The van der Waals surface area contributed by atoms with Gasteiger partial charge < -0.3 is 10.0 Å². The lowest BCUT2D eigenvalue weighted by Gasteiger charge is -2.22. The molecule has 1 amide bonds. The van der Waals surface area contributed by atoms with Gasteiger partial charge in [0.2, 0.25) is 0 Å². The Kier molecular flexibility index (Phi) is 5.71. The molecule has 1 heterocycles. The van der Waals surface area contributed by atoms with Gasteiger partial charge in [-0.05, 0) is 25.5 Å². The van der Waals surface area contributed by atoms with Crippen LogP contribution >= 0.6 is 23.2 Å². The summed E-state index contributed by atoms with van der Waals surface area (Å²) in [5.74, 6) is -0.801. The number of carbonyl (C=O) groups is 2. The first kappa shape index (κ1) is 18.2. The molecule has 6 heteroatoms. The van der Waals surface area contributed by atoms with Crippen molar-refractivity contribution in [3.05, 3.63) is 27.7 Å². The Morgan fingerprint density at radius 1 is 1.22 bits per heavy atom. The minimum atomic E-state index is -1.92. The first-order valence-corrected chi connectivity index (χ1v) is 8.60. The smallest absolute Gasteiger partial charge is 0.264 e. The van der Waals surface area contributed by atoms with E-state index in [0.29, 0.717) is 17.3 Å². The average Bonchev–Trinajstić information content (AvgIpc) is 2.69. The summed E-state index contributed by atoms with van der Waals surface area (Å²) in [6, 6.07) is 3.15. The van der Waals surface area contributed by atoms with Gasteiger partial charge in [-0.3, -0.25) is 9.59 Å². The van der Waals surface area contributed by atoms with Crippen molar-refractivity contribution in [1.82, 2.24) is 0 Å². The minimum Gasteiger partial charge on any atom is -0.375 e. The first-order chi connectivity index (χ1) is 10.8. The van der Waals surface area contributed by atoms with Gasteiger partial charge in [-0.15, -0.1) is 0 Å². The second-order valence-corrected chi connectivity index (χ2v) is 6.82. The van der Waals surface area contributed by atoms with Crippen molar-refractivity contribution < 1.29 is 14.7 Å². The number of benzene rings is 1. The number of hydrogen-bond acceptors (Lipinski definition) is 3. The van der Waals surface area contributed by atoms with E-state index >= 15 is 0 Å². The number of fused-ring (bicyclic) bond motifs is 1. The Labute approximate surface area is 146 Å². The molecule has 0 saturated carbocycles. The van der Waals surface area contributed by atoms with E-state index in [-0.39, 0.29) is 22.8 Å². The molecular weight excluding hydrogens is 337 g/mol. The molecule has 0 aliphatic carbocycles. The van der Waals surface area contributed by atoms with Crippen molar-refractivity contribution in [3.8, 4) is 0 Å². The molecule has 0 aromatic heterocycles. The third-order valence-corrected chi connectivity index (χ3v) is 4.72. The normalized spacial score (nSPS) is 20.0. The molecule has 23 heavy (non-hydrogen) atoms. The molecule has 1 aliphatic heterocycles. The lowest BCUT2D eigenvalue weighted by Crippen LogP contribution is -2.42. The largest absolute Gasteiger partial charge is 0.375 e. The molecule has 1 unspecified atom stereocenters. The number of rotatable bonds is 7. The van der Waals surface area contributed by atoms with Crippen molar-refractivity contribution in [2.45, 2.75) is 51.6 Å². The quantitative estimate of drug-likeness (QED) is 0.747. The zero-order valence-electron chi connectivity index (χ0n) is 13.4. The highest BCUT2D eigenvalue weighted by atomic mass is 35.5. The van der Waals surface area contributed by atoms with Crippen LogP contribution in [0.15, 0.2) is 12.1 Å². The fraction of sp³-hybridized carbons (Fsp3) is 0.529. The molecular formula is C17H21Cl2NO3. The van der Waals surface area contributed by atoms with Crippen LogP contribution in [-0.4, -0.2) is 23.3 Å². The van der Waals surface area contributed by atoms with Gasteiger partial charge in [0, 0.05) is 23.6 Å². The third-order valence-electron chi connectivity index (χ3n) is 4.10. The van der Waals surface area contributed by atoms with Crippen LogP contribution in [-0.2, 0) is 15.2 Å². The maximum Gasteiger partial charge on any atom is 0.264 e. The minimum absolute atomic E-state index is 0.248. The van der Waals surface area contributed by atoms with Crippen LogP contribution < -0.4 is 4.90 Å². The molecule has 1 atom stereocenters. The molecule has 2 rings (SSSR count). The van der Waals surface area contributed by atoms with Crippen LogP contribution in [0.5, 0.6) is 0 Å². The Bertz CT molecular complexity index is 633. The van der Waals surface area contributed by atoms with E-state index in [1.165, 1.54) is 11.8 Å². The van der Waals surface area contributed by atoms with Crippen molar-refractivity contribution in [3.63, 3.8) is 0 Å².